The second-order valence-corrected chi connectivity index (χ2v) is 4.78. The van der Waals surface area contributed by atoms with Crippen LogP contribution >= 0.6 is 0 Å². The van der Waals surface area contributed by atoms with Crippen LogP contribution in [0.15, 0.2) is 18.3 Å². The summed E-state index contributed by atoms with van der Waals surface area (Å²) in [6, 6.07) is 2.92. The number of carbonyl (C=O) groups excluding carboxylic acids is 2. The van der Waals surface area contributed by atoms with Crippen molar-refractivity contribution in [2.24, 2.45) is 5.41 Å². The van der Waals surface area contributed by atoms with Gasteiger partial charge in [-0.3, -0.25) is 19.4 Å². The van der Waals surface area contributed by atoms with Crippen LogP contribution in [0.4, 0.5) is 0 Å². The molecule has 1 aromatic heterocycles. The molecule has 0 aromatic carbocycles. The van der Waals surface area contributed by atoms with Crippen molar-refractivity contribution < 1.29 is 19.5 Å². The fourth-order valence-corrected chi connectivity index (χ4v) is 1.76. The molecule has 7 heteroatoms. The molecule has 1 aromatic rings. The summed E-state index contributed by atoms with van der Waals surface area (Å²) >= 11 is 0. The van der Waals surface area contributed by atoms with Crippen LogP contribution in [0.3, 0.4) is 0 Å². The predicted octanol–water partition coefficient (Wildman–Crippen LogP) is 0.0358. The van der Waals surface area contributed by atoms with Crippen LogP contribution < -0.4 is 10.6 Å². The lowest BCUT2D eigenvalue weighted by atomic mass is 10.1. The average molecular weight is 277 g/mol. The Labute approximate surface area is 115 Å². The van der Waals surface area contributed by atoms with Crippen LogP contribution in [0.25, 0.3) is 0 Å². The van der Waals surface area contributed by atoms with E-state index in [1.165, 1.54) is 25.4 Å². The molecule has 0 bridgehead atoms. The minimum Gasteiger partial charge on any atom is -0.481 e. The summed E-state index contributed by atoms with van der Waals surface area (Å²) in [7, 11) is 1.49. The summed E-state index contributed by atoms with van der Waals surface area (Å²) in [5.74, 6) is -1.61. The fraction of sp³-hybridized carbons (Fsp3) is 0.385. The van der Waals surface area contributed by atoms with Crippen LogP contribution in [0.2, 0.25) is 0 Å². The molecular formula is C13H15N3O4. The minimum atomic E-state index is -0.883. The van der Waals surface area contributed by atoms with Crippen molar-refractivity contribution in [2.75, 3.05) is 13.6 Å². The monoisotopic (exact) mass is 277 g/mol. The zero-order valence-electron chi connectivity index (χ0n) is 11.0. The Morgan fingerprint density at radius 3 is 2.45 bits per heavy atom. The molecule has 0 spiro atoms. The van der Waals surface area contributed by atoms with Crippen molar-refractivity contribution in [3.8, 4) is 0 Å². The van der Waals surface area contributed by atoms with Gasteiger partial charge in [-0.15, -0.1) is 0 Å². The van der Waals surface area contributed by atoms with E-state index in [0.29, 0.717) is 18.4 Å². The molecule has 1 aliphatic rings. The summed E-state index contributed by atoms with van der Waals surface area (Å²) in [5.41, 5.74) is -0.294. The van der Waals surface area contributed by atoms with E-state index in [0.717, 1.165) is 0 Å². The molecule has 20 heavy (non-hydrogen) atoms. The van der Waals surface area contributed by atoms with Gasteiger partial charge in [-0.1, -0.05) is 0 Å². The average Bonchev–Trinajstić information content (AvgIpc) is 3.25. The number of aromatic nitrogens is 1. The summed E-state index contributed by atoms with van der Waals surface area (Å²) in [4.78, 5) is 38.0. The molecule has 1 heterocycles. The molecule has 7 nitrogen and oxygen atoms in total. The third kappa shape index (κ3) is 2.76. The highest BCUT2D eigenvalue weighted by atomic mass is 16.4. The Morgan fingerprint density at radius 2 is 2.00 bits per heavy atom. The molecule has 0 saturated heterocycles. The van der Waals surface area contributed by atoms with Crippen molar-refractivity contribution >= 4 is 17.8 Å². The maximum Gasteiger partial charge on any atom is 0.311 e. The van der Waals surface area contributed by atoms with Crippen LogP contribution in [-0.4, -0.2) is 41.5 Å². The highest BCUT2D eigenvalue weighted by Gasteiger charge is 2.50. The van der Waals surface area contributed by atoms with Gasteiger partial charge in [0.25, 0.3) is 11.8 Å². The Kier molecular flexibility index (Phi) is 3.69. The fourth-order valence-electron chi connectivity index (χ4n) is 1.76. The lowest BCUT2D eigenvalue weighted by molar-refractivity contribution is -0.143. The first-order chi connectivity index (χ1) is 9.48. The van der Waals surface area contributed by atoms with Crippen molar-refractivity contribution in [3.05, 3.63) is 29.6 Å². The summed E-state index contributed by atoms with van der Waals surface area (Å²) in [5, 5.41) is 14.0. The van der Waals surface area contributed by atoms with Crippen molar-refractivity contribution in [1.29, 1.82) is 0 Å². The second-order valence-electron chi connectivity index (χ2n) is 4.78. The largest absolute Gasteiger partial charge is 0.481 e. The third-order valence-corrected chi connectivity index (χ3v) is 3.38. The lowest BCUT2D eigenvalue weighted by Gasteiger charge is -2.11. The van der Waals surface area contributed by atoms with Crippen molar-refractivity contribution in [3.63, 3.8) is 0 Å². The number of rotatable bonds is 5. The van der Waals surface area contributed by atoms with Gasteiger partial charge in [0.05, 0.1) is 11.0 Å². The number of hydrogen-bond donors (Lipinski definition) is 3. The van der Waals surface area contributed by atoms with Gasteiger partial charge in [0, 0.05) is 19.8 Å². The Balaban J connectivity index is 1.96. The highest BCUT2D eigenvalue weighted by molar-refractivity contribution is 5.96. The normalized spacial score (nSPS) is 15.2. The number of carboxylic acids is 1. The van der Waals surface area contributed by atoms with E-state index in [2.05, 4.69) is 15.6 Å². The first kappa shape index (κ1) is 14.0. The molecule has 106 valence electrons. The Morgan fingerprint density at radius 1 is 1.30 bits per heavy atom. The van der Waals surface area contributed by atoms with E-state index in [1.807, 2.05) is 0 Å². The molecule has 2 rings (SSSR count). The standard InChI is InChI=1S/C13H15N3O4/c1-14-11(18)9-3-2-8(6-15-9)10(17)16-7-13(4-5-13)12(19)20/h2-3,6H,4-5,7H2,1H3,(H,14,18)(H,16,17)(H,19,20). The van der Waals surface area contributed by atoms with Crippen LogP contribution in [-0.2, 0) is 4.79 Å². The van der Waals surface area contributed by atoms with Crippen LogP contribution in [0.1, 0.15) is 33.7 Å². The molecule has 3 N–H and O–H groups in total. The van der Waals surface area contributed by atoms with Crippen molar-refractivity contribution in [2.45, 2.75) is 12.8 Å². The van der Waals surface area contributed by atoms with E-state index < -0.39 is 17.3 Å². The number of hydrogen-bond acceptors (Lipinski definition) is 4. The molecule has 0 unspecified atom stereocenters. The number of carbonyl (C=O) groups is 3. The number of aliphatic carboxylic acids is 1. The summed E-state index contributed by atoms with van der Waals surface area (Å²) < 4.78 is 0. The smallest absolute Gasteiger partial charge is 0.311 e. The van der Waals surface area contributed by atoms with Gasteiger partial charge in [0.2, 0.25) is 0 Å². The molecule has 0 radical (unpaired) electrons. The number of pyridine rings is 1. The molecule has 1 fully saturated rings. The summed E-state index contributed by atoms with van der Waals surface area (Å²) in [6.45, 7) is 0.109. The Bertz CT molecular complexity index is 549. The maximum atomic E-state index is 11.8. The van der Waals surface area contributed by atoms with Crippen LogP contribution in [0, 0.1) is 5.41 Å². The summed E-state index contributed by atoms with van der Waals surface area (Å²) in [6.07, 6.45) is 2.45. The minimum absolute atomic E-state index is 0.109. The van der Waals surface area contributed by atoms with Gasteiger partial charge in [-0.05, 0) is 25.0 Å². The SMILES string of the molecule is CNC(=O)c1ccc(C(=O)NCC2(C(=O)O)CC2)cn1. The van der Waals surface area contributed by atoms with E-state index in [-0.39, 0.29) is 18.1 Å². The molecular weight excluding hydrogens is 262 g/mol. The molecule has 1 aliphatic carbocycles. The van der Waals surface area contributed by atoms with E-state index in [4.69, 9.17) is 5.11 Å². The molecule has 1 saturated carbocycles. The van der Waals surface area contributed by atoms with Gasteiger partial charge in [0.1, 0.15) is 5.69 Å². The first-order valence-corrected chi connectivity index (χ1v) is 6.18. The number of amides is 2. The molecule has 0 atom stereocenters. The van der Waals surface area contributed by atoms with Gasteiger partial charge in [-0.25, -0.2) is 0 Å². The maximum absolute atomic E-state index is 11.8. The van der Waals surface area contributed by atoms with Gasteiger partial charge in [0.15, 0.2) is 0 Å². The third-order valence-electron chi connectivity index (χ3n) is 3.38. The quantitative estimate of drug-likeness (QED) is 0.704. The van der Waals surface area contributed by atoms with E-state index >= 15 is 0 Å². The molecule has 0 aliphatic heterocycles. The number of carboxylic acid groups (broad SMARTS) is 1. The van der Waals surface area contributed by atoms with Gasteiger partial charge in [-0.2, -0.15) is 0 Å². The Hall–Kier alpha value is -2.44. The van der Waals surface area contributed by atoms with Gasteiger partial charge < -0.3 is 15.7 Å². The van der Waals surface area contributed by atoms with E-state index in [9.17, 15) is 14.4 Å². The molecule has 2 amide bonds. The highest BCUT2D eigenvalue weighted by Crippen LogP contribution is 2.45. The lowest BCUT2D eigenvalue weighted by Crippen LogP contribution is -2.34. The van der Waals surface area contributed by atoms with Gasteiger partial charge >= 0.3 is 5.97 Å². The number of nitrogens with one attached hydrogen (secondary N) is 2. The predicted molar refractivity (Wildman–Crippen MR) is 69.3 cm³/mol. The topological polar surface area (TPSA) is 108 Å². The van der Waals surface area contributed by atoms with Crippen molar-refractivity contribution in [1.82, 2.24) is 15.6 Å². The second kappa shape index (κ2) is 5.28. The zero-order chi connectivity index (χ0) is 14.8. The number of nitrogens with zero attached hydrogens (tertiary/aromatic N) is 1. The zero-order valence-corrected chi connectivity index (χ0v) is 11.0. The van der Waals surface area contributed by atoms with E-state index in [1.54, 1.807) is 0 Å². The first-order valence-electron chi connectivity index (χ1n) is 6.18. The van der Waals surface area contributed by atoms with Crippen LogP contribution in [0.5, 0.6) is 0 Å².